The van der Waals surface area contributed by atoms with Gasteiger partial charge in [0.1, 0.15) is 5.82 Å². The van der Waals surface area contributed by atoms with Crippen LogP contribution in [-0.2, 0) is 4.79 Å². The van der Waals surface area contributed by atoms with Crippen LogP contribution in [0.15, 0.2) is 24.3 Å². The maximum Gasteiger partial charge on any atom is 0.238 e. The van der Waals surface area contributed by atoms with Crippen molar-refractivity contribution < 1.29 is 9.18 Å². The Morgan fingerprint density at radius 3 is 2.43 bits per heavy atom. The number of halogens is 1. The zero-order valence-electron chi connectivity index (χ0n) is 11.9. The van der Waals surface area contributed by atoms with Gasteiger partial charge in [0.05, 0.1) is 6.54 Å². The molecule has 1 aromatic carbocycles. The van der Waals surface area contributed by atoms with Gasteiger partial charge in [-0.2, -0.15) is 0 Å². The molecule has 0 unspecified atom stereocenters. The molecular formula is C14H19FN4OS. The molecular weight excluding hydrogens is 291 g/mol. The summed E-state index contributed by atoms with van der Waals surface area (Å²) in [6.45, 7) is 3.53. The first-order valence-electron chi connectivity index (χ1n) is 6.83. The van der Waals surface area contributed by atoms with Gasteiger partial charge in [-0.3, -0.25) is 9.69 Å². The van der Waals surface area contributed by atoms with Crippen LogP contribution < -0.4 is 10.6 Å². The summed E-state index contributed by atoms with van der Waals surface area (Å²) < 4.78 is 12.8. The lowest BCUT2D eigenvalue weighted by atomic mass is 10.3. The summed E-state index contributed by atoms with van der Waals surface area (Å²) in [5, 5.41) is 6.46. The van der Waals surface area contributed by atoms with E-state index in [0.717, 1.165) is 31.3 Å². The highest BCUT2D eigenvalue weighted by molar-refractivity contribution is 7.80. The standard InChI is InChI=1S/C14H19FN4OS/c1-16-14(21)19-8-6-18(7-9-19)10-13(20)17-12-4-2-11(15)3-5-12/h2-5H,6-10H2,1H3,(H,16,21)(H,17,20). The van der Waals surface area contributed by atoms with Crippen molar-refractivity contribution in [3.05, 3.63) is 30.1 Å². The van der Waals surface area contributed by atoms with Crippen molar-refractivity contribution in [2.24, 2.45) is 0 Å². The summed E-state index contributed by atoms with van der Waals surface area (Å²) in [4.78, 5) is 16.1. The molecule has 0 aromatic heterocycles. The van der Waals surface area contributed by atoms with Crippen molar-refractivity contribution >= 4 is 28.9 Å². The Balaban J connectivity index is 1.76. The second-order valence-corrected chi connectivity index (χ2v) is 5.26. The Morgan fingerprint density at radius 2 is 1.86 bits per heavy atom. The molecule has 21 heavy (non-hydrogen) atoms. The third kappa shape index (κ3) is 4.64. The first-order chi connectivity index (χ1) is 10.1. The number of thiocarbonyl (C=S) groups is 1. The summed E-state index contributed by atoms with van der Waals surface area (Å²) in [6, 6.07) is 5.76. The third-order valence-electron chi connectivity index (χ3n) is 3.37. The molecule has 0 saturated carbocycles. The van der Waals surface area contributed by atoms with Crippen molar-refractivity contribution in [1.29, 1.82) is 0 Å². The van der Waals surface area contributed by atoms with E-state index in [-0.39, 0.29) is 11.7 Å². The minimum atomic E-state index is -0.315. The van der Waals surface area contributed by atoms with Crippen LogP contribution in [0.1, 0.15) is 0 Å². The van der Waals surface area contributed by atoms with Gasteiger partial charge in [0.2, 0.25) is 5.91 Å². The molecule has 7 heteroatoms. The molecule has 5 nitrogen and oxygen atoms in total. The summed E-state index contributed by atoms with van der Waals surface area (Å²) in [5.41, 5.74) is 0.608. The largest absolute Gasteiger partial charge is 0.366 e. The first kappa shape index (κ1) is 15.7. The lowest BCUT2D eigenvalue weighted by Gasteiger charge is -2.35. The number of carbonyl (C=O) groups is 1. The Bertz CT molecular complexity index is 500. The lowest BCUT2D eigenvalue weighted by Crippen LogP contribution is -2.52. The van der Waals surface area contributed by atoms with E-state index in [2.05, 4.69) is 20.4 Å². The number of nitrogens with one attached hydrogen (secondary N) is 2. The first-order valence-corrected chi connectivity index (χ1v) is 7.24. The highest BCUT2D eigenvalue weighted by atomic mass is 32.1. The zero-order chi connectivity index (χ0) is 15.2. The van der Waals surface area contributed by atoms with E-state index < -0.39 is 0 Å². The Hall–Kier alpha value is -1.73. The summed E-state index contributed by atoms with van der Waals surface area (Å²) in [6.07, 6.45) is 0. The van der Waals surface area contributed by atoms with E-state index in [4.69, 9.17) is 12.2 Å². The van der Waals surface area contributed by atoms with Crippen LogP contribution >= 0.6 is 12.2 Å². The number of amides is 1. The van der Waals surface area contributed by atoms with Crippen molar-refractivity contribution in [2.75, 3.05) is 45.1 Å². The second kappa shape index (κ2) is 7.33. The van der Waals surface area contributed by atoms with Crippen LogP contribution in [0.3, 0.4) is 0 Å². The number of rotatable bonds is 3. The molecule has 1 saturated heterocycles. The van der Waals surface area contributed by atoms with Crippen molar-refractivity contribution in [2.45, 2.75) is 0 Å². The third-order valence-corrected chi connectivity index (χ3v) is 3.83. The predicted octanol–water partition coefficient (Wildman–Crippen LogP) is 0.886. The highest BCUT2D eigenvalue weighted by Crippen LogP contribution is 2.08. The van der Waals surface area contributed by atoms with Crippen molar-refractivity contribution in [1.82, 2.24) is 15.1 Å². The SMILES string of the molecule is CNC(=S)N1CCN(CC(=O)Nc2ccc(F)cc2)CC1. The van der Waals surface area contributed by atoms with Gasteiger partial charge in [0.15, 0.2) is 5.11 Å². The fourth-order valence-electron chi connectivity index (χ4n) is 2.20. The van der Waals surface area contributed by atoms with E-state index in [0.29, 0.717) is 12.2 Å². The van der Waals surface area contributed by atoms with Crippen LogP contribution in [0.5, 0.6) is 0 Å². The number of carbonyl (C=O) groups excluding carboxylic acids is 1. The second-order valence-electron chi connectivity index (χ2n) is 4.87. The van der Waals surface area contributed by atoms with Gasteiger partial charge in [-0.15, -0.1) is 0 Å². The van der Waals surface area contributed by atoms with Gasteiger partial charge in [-0.1, -0.05) is 0 Å². The van der Waals surface area contributed by atoms with Gasteiger partial charge in [0.25, 0.3) is 0 Å². The van der Waals surface area contributed by atoms with Gasteiger partial charge in [0, 0.05) is 38.9 Å². The fourth-order valence-corrected chi connectivity index (χ4v) is 2.39. The maximum atomic E-state index is 12.8. The van der Waals surface area contributed by atoms with Crippen LogP contribution in [0.4, 0.5) is 10.1 Å². The molecule has 1 amide bonds. The maximum absolute atomic E-state index is 12.8. The summed E-state index contributed by atoms with van der Waals surface area (Å²) in [7, 11) is 1.81. The van der Waals surface area contributed by atoms with Crippen LogP contribution in [0.2, 0.25) is 0 Å². The van der Waals surface area contributed by atoms with Gasteiger partial charge < -0.3 is 15.5 Å². The molecule has 1 aliphatic rings. The van der Waals surface area contributed by atoms with Gasteiger partial charge in [-0.05, 0) is 36.5 Å². The number of anilines is 1. The van der Waals surface area contributed by atoms with Crippen molar-refractivity contribution in [3.8, 4) is 0 Å². The van der Waals surface area contributed by atoms with E-state index in [1.165, 1.54) is 12.1 Å². The molecule has 0 radical (unpaired) electrons. The molecule has 0 spiro atoms. The highest BCUT2D eigenvalue weighted by Gasteiger charge is 2.19. The topological polar surface area (TPSA) is 47.6 Å². The summed E-state index contributed by atoms with van der Waals surface area (Å²) in [5.74, 6) is -0.407. The average molecular weight is 310 g/mol. The minimum absolute atomic E-state index is 0.0914. The number of nitrogens with zero attached hydrogens (tertiary/aromatic N) is 2. The fraction of sp³-hybridized carbons (Fsp3) is 0.429. The molecule has 2 rings (SSSR count). The zero-order valence-corrected chi connectivity index (χ0v) is 12.8. The quantitative estimate of drug-likeness (QED) is 0.812. The Labute approximate surface area is 129 Å². The van der Waals surface area contributed by atoms with E-state index >= 15 is 0 Å². The van der Waals surface area contributed by atoms with Crippen LogP contribution in [0.25, 0.3) is 0 Å². The molecule has 1 heterocycles. The van der Waals surface area contributed by atoms with Gasteiger partial charge in [-0.25, -0.2) is 4.39 Å². The van der Waals surface area contributed by atoms with Crippen LogP contribution in [-0.4, -0.2) is 60.6 Å². The number of hydrogen-bond acceptors (Lipinski definition) is 3. The van der Waals surface area contributed by atoms with E-state index in [9.17, 15) is 9.18 Å². The smallest absolute Gasteiger partial charge is 0.238 e. The van der Waals surface area contributed by atoms with E-state index in [1.54, 1.807) is 12.1 Å². The normalized spacial score (nSPS) is 15.6. The lowest BCUT2D eigenvalue weighted by molar-refractivity contribution is -0.117. The molecule has 0 atom stereocenters. The molecule has 0 aliphatic carbocycles. The molecule has 1 aromatic rings. The monoisotopic (exact) mass is 310 g/mol. The van der Waals surface area contributed by atoms with E-state index in [1.807, 2.05) is 7.05 Å². The van der Waals surface area contributed by atoms with Gasteiger partial charge >= 0.3 is 0 Å². The Morgan fingerprint density at radius 1 is 1.24 bits per heavy atom. The average Bonchev–Trinajstić information content (AvgIpc) is 2.49. The number of hydrogen-bond donors (Lipinski definition) is 2. The molecule has 1 aliphatic heterocycles. The van der Waals surface area contributed by atoms with Crippen molar-refractivity contribution in [3.63, 3.8) is 0 Å². The van der Waals surface area contributed by atoms with Crippen LogP contribution in [0, 0.1) is 5.82 Å². The Kier molecular flexibility index (Phi) is 5.46. The summed E-state index contributed by atoms with van der Waals surface area (Å²) >= 11 is 5.19. The number of benzene rings is 1. The number of piperazine rings is 1. The minimum Gasteiger partial charge on any atom is -0.366 e. The molecule has 1 fully saturated rings. The molecule has 114 valence electrons. The predicted molar refractivity (Wildman–Crippen MR) is 84.7 cm³/mol. The molecule has 2 N–H and O–H groups in total. The molecule has 0 bridgehead atoms.